The molecule has 0 atom stereocenters. The van der Waals surface area contributed by atoms with Crippen LogP contribution in [0.1, 0.15) is 55.3 Å². The van der Waals surface area contributed by atoms with E-state index in [0.29, 0.717) is 0 Å². The number of hydrogen-bond donors (Lipinski definition) is 4. The number of fused-ring (bicyclic) bond motifs is 3. The Morgan fingerprint density at radius 3 is 2.05 bits per heavy atom. The standard InChI is InChI=1S/C28H16O12/c1-9(29)12-7-14-24(33)21-13(27(35)36)5-11(31)6-18(21)40-26(14)19(10(2)30)20(12)15-8-39-17-4-3-16(32)22(28(37)38)23(17)25(15)34/h3-8,31-32H,1-2H3,(H,35,36)(H,37,38). The molecule has 0 unspecified atom stereocenters. The van der Waals surface area contributed by atoms with Crippen LogP contribution >= 0.6 is 0 Å². The Hall–Kier alpha value is -5.78. The van der Waals surface area contributed by atoms with Gasteiger partial charge in [-0.2, -0.15) is 0 Å². The van der Waals surface area contributed by atoms with Crippen molar-refractivity contribution in [1.82, 2.24) is 0 Å². The van der Waals surface area contributed by atoms with Crippen molar-refractivity contribution in [3.63, 3.8) is 0 Å². The molecule has 200 valence electrons. The average Bonchev–Trinajstić information content (AvgIpc) is 2.87. The second kappa shape index (κ2) is 8.91. The van der Waals surface area contributed by atoms with Crippen LogP contribution in [-0.4, -0.2) is 43.9 Å². The number of carbonyl (C=O) groups excluding carboxylic acids is 2. The van der Waals surface area contributed by atoms with Gasteiger partial charge in [0, 0.05) is 17.2 Å². The fourth-order valence-corrected chi connectivity index (χ4v) is 4.76. The van der Waals surface area contributed by atoms with Crippen molar-refractivity contribution in [2.24, 2.45) is 0 Å². The molecule has 4 N–H and O–H groups in total. The number of carboxylic acids is 2. The summed E-state index contributed by atoms with van der Waals surface area (Å²) in [5.74, 6) is -5.96. The summed E-state index contributed by atoms with van der Waals surface area (Å²) in [6, 6.07) is 5.03. The van der Waals surface area contributed by atoms with Gasteiger partial charge in [0.05, 0.1) is 32.8 Å². The predicted molar refractivity (Wildman–Crippen MR) is 139 cm³/mol. The molecule has 0 amide bonds. The lowest BCUT2D eigenvalue weighted by Gasteiger charge is -2.15. The van der Waals surface area contributed by atoms with E-state index in [-0.39, 0.29) is 27.7 Å². The van der Waals surface area contributed by atoms with E-state index < -0.39 is 84.5 Å². The minimum Gasteiger partial charge on any atom is -0.508 e. The van der Waals surface area contributed by atoms with Crippen LogP contribution in [0.25, 0.3) is 44.0 Å². The van der Waals surface area contributed by atoms with Gasteiger partial charge >= 0.3 is 11.9 Å². The zero-order valence-electron chi connectivity index (χ0n) is 20.5. The number of ketones is 2. The highest BCUT2D eigenvalue weighted by molar-refractivity contribution is 6.18. The average molecular weight is 544 g/mol. The first-order valence-electron chi connectivity index (χ1n) is 11.4. The molecular weight excluding hydrogens is 528 g/mol. The minimum absolute atomic E-state index is 0.201. The van der Waals surface area contributed by atoms with Crippen LogP contribution in [-0.2, 0) is 0 Å². The quantitative estimate of drug-likeness (QED) is 0.183. The molecule has 0 aliphatic rings. The lowest BCUT2D eigenvalue weighted by molar-refractivity contribution is 0.0686. The summed E-state index contributed by atoms with van der Waals surface area (Å²) in [5.41, 5.74) is -5.80. The van der Waals surface area contributed by atoms with Crippen molar-refractivity contribution < 1.29 is 48.4 Å². The molecule has 5 aromatic rings. The molecule has 0 saturated heterocycles. The zero-order valence-corrected chi connectivity index (χ0v) is 20.5. The van der Waals surface area contributed by atoms with Gasteiger partial charge < -0.3 is 29.3 Å². The number of rotatable bonds is 5. The zero-order chi connectivity index (χ0) is 29.2. The van der Waals surface area contributed by atoms with Gasteiger partial charge in [-0.05, 0) is 38.1 Å². The maximum Gasteiger partial charge on any atom is 0.340 e. The molecule has 0 bridgehead atoms. The molecule has 0 saturated carbocycles. The molecule has 2 aromatic heterocycles. The van der Waals surface area contributed by atoms with E-state index >= 15 is 0 Å². The Balaban J connectivity index is 2.05. The van der Waals surface area contributed by atoms with Gasteiger partial charge in [-0.15, -0.1) is 0 Å². The van der Waals surface area contributed by atoms with Crippen molar-refractivity contribution in [2.75, 3.05) is 0 Å². The smallest absolute Gasteiger partial charge is 0.340 e. The molecule has 0 fully saturated rings. The lowest BCUT2D eigenvalue weighted by atomic mass is 9.88. The minimum atomic E-state index is -1.64. The molecule has 12 nitrogen and oxygen atoms in total. The van der Waals surface area contributed by atoms with Crippen LogP contribution in [0.15, 0.2) is 55.0 Å². The number of carboxylic acid groups (broad SMARTS) is 2. The highest BCUT2D eigenvalue weighted by Gasteiger charge is 2.29. The van der Waals surface area contributed by atoms with Crippen molar-refractivity contribution in [3.8, 4) is 22.6 Å². The van der Waals surface area contributed by atoms with Crippen LogP contribution in [0.5, 0.6) is 11.5 Å². The Kier molecular flexibility index (Phi) is 5.76. The van der Waals surface area contributed by atoms with E-state index in [1.807, 2.05) is 0 Å². The van der Waals surface area contributed by atoms with E-state index in [1.165, 1.54) is 0 Å². The highest BCUT2D eigenvalue weighted by Crippen LogP contribution is 2.37. The first kappa shape index (κ1) is 25.9. The summed E-state index contributed by atoms with van der Waals surface area (Å²) in [6.07, 6.45) is 0.904. The Morgan fingerprint density at radius 1 is 0.750 bits per heavy atom. The molecule has 2 heterocycles. The van der Waals surface area contributed by atoms with Crippen LogP contribution in [0, 0.1) is 0 Å². The van der Waals surface area contributed by atoms with E-state index in [1.54, 1.807) is 0 Å². The number of aromatic carboxylic acids is 2. The van der Waals surface area contributed by atoms with Crippen LogP contribution in [0.2, 0.25) is 0 Å². The second-order valence-electron chi connectivity index (χ2n) is 8.88. The predicted octanol–water partition coefficient (Wildman–Crippen LogP) is 3.93. The first-order chi connectivity index (χ1) is 18.8. The topological polar surface area (TPSA) is 210 Å². The van der Waals surface area contributed by atoms with Crippen LogP contribution < -0.4 is 10.9 Å². The summed E-state index contributed by atoms with van der Waals surface area (Å²) in [6.45, 7) is 2.16. The Morgan fingerprint density at radius 2 is 1.45 bits per heavy atom. The monoisotopic (exact) mass is 544 g/mol. The summed E-state index contributed by atoms with van der Waals surface area (Å²) >= 11 is 0. The highest BCUT2D eigenvalue weighted by atomic mass is 16.4. The first-order valence-corrected chi connectivity index (χ1v) is 11.4. The van der Waals surface area contributed by atoms with E-state index in [0.717, 1.165) is 50.4 Å². The second-order valence-corrected chi connectivity index (χ2v) is 8.88. The largest absolute Gasteiger partial charge is 0.508 e. The fraction of sp³-hybridized carbons (Fsp3) is 0.0714. The molecule has 3 aromatic carbocycles. The maximum atomic E-state index is 13.7. The molecule has 5 rings (SSSR count). The molecular formula is C28H16O12. The van der Waals surface area contributed by atoms with Gasteiger partial charge in [0.25, 0.3) is 0 Å². The van der Waals surface area contributed by atoms with Crippen molar-refractivity contribution in [3.05, 3.63) is 79.3 Å². The van der Waals surface area contributed by atoms with Gasteiger partial charge in [0.1, 0.15) is 40.1 Å². The van der Waals surface area contributed by atoms with Gasteiger partial charge in [0.2, 0.25) is 10.9 Å². The number of phenols is 2. The molecule has 0 aliphatic carbocycles. The SMILES string of the molecule is CC(=O)c1cc2c(=O)c3c(C(=O)O)cc(O)cc3oc2c(C(C)=O)c1-c1coc2ccc(O)c(C(=O)O)c2c1=O. The molecule has 40 heavy (non-hydrogen) atoms. The number of hydrogen-bond acceptors (Lipinski definition) is 10. The summed E-state index contributed by atoms with van der Waals surface area (Å²) in [4.78, 5) is 76.7. The third kappa shape index (κ3) is 3.69. The van der Waals surface area contributed by atoms with E-state index in [2.05, 4.69) is 0 Å². The third-order valence-corrected chi connectivity index (χ3v) is 6.42. The fourth-order valence-electron chi connectivity index (χ4n) is 4.76. The number of phenolic OH excluding ortho intramolecular Hbond substituents is 1. The van der Waals surface area contributed by atoms with Crippen molar-refractivity contribution >= 4 is 56.4 Å². The van der Waals surface area contributed by atoms with Crippen molar-refractivity contribution in [1.29, 1.82) is 0 Å². The maximum absolute atomic E-state index is 13.7. The summed E-state index contributed by atoms with van der Waals surface area (Å²) < 4.78 is 11.2. The molecule has 0 spiro atoms. The van der Waals surface area contributed by atoms with Crippen LogP contribution in [0.3, 0.4) is 0 Å². The van der Waals surface area contributed by atoms with Crippen LogP contribution in [0.4, 0.5) is 0 Å². The summed E-state index contributed by atoms with van der Waals surface area (Å²) in [7, 11) is 0. The van der Waals surface area contributed by atoms with E-state index in [4.69, 9.17) is 8.83 Å². The molecule has 0 aliphatic heterocycles. The number of benzene rings is 3. The normalized spacial score (nSPS) is 11.2. The summed E-state index contributed by atoms with van der Waals surface area (Å²) in [5, 5.41) is 38.0. The number of carbonyl (C=O) groups is 4. The Bertz CT molecular complexity index is 2130. The van der Waals surface area contributed by atoms with Gasteiger partial charge in [-0.1, -0.05) is 0 Å². The lowest BCUT2D eigenvalue weighted by Crippen LogP contribution is -2.16. The molecule has 12 heteroatoms. The van der Waals surface area contributed by atoms with Gasteiger partial charge in [-0.25, -0.2) is 9.59 Å². The third-order valence-electron chi connectivity index (χ3n) is 6.42. The van der Waals surface area contributed by atoms with Gasteiger partial charge in [0.15, 0.2) is 11.6 Å². The Labute approximate surface area is 220 Å². The number of aromatic hydroxyl groups is 2. The van der Waals surface area contributed by atoms with Crippen molar-refractivity contribution in [2.45, 2.75) is 13.8 Å². The van der Waals surface area contributed by atoms with Gasteiger partial charge in [-0.3, -0.25) is 19.2 Å². The molecule has 0 radical (unpaired) electrons. The number of Topliss-reactive ketones (excluding diaryl/α,β-unsaturated/α-hetero) is 2. The van der Waals surface area contributed by atoms with E-state index in [9.17, 15) is 49.2 Å².